The first-order chi connectivity index (χ1) is 20.9. The standard InChI is InChI=1S/C31H30F3N5O6/c1-29(2,3)44-27(41)39(28(42)45-30(4,5)6)23-16-25(36-17-35-23)43-24-14-13-20-21(11-8-12-22(20)38-24)26(40)37-19-10-7-9-18(15-19)31(32,33)34/h7-17H,1-6H3,(H,37,40). The molecule has 45 heavy (non-hydrogen) atoms. The minimum atomic E-state index is -4.56. The van der Waals surface area contributed by atoms with E-state index in [0.29, 0.717) is 15.8 Å². The Hall–Kier alpha value is -5.27. The summed E-state index contributed by atoms with van der Waals surface area (Å²) in [5, 5.41) is 2.89. The van der Waals surface area contributed by atoms with Crippen LogP contribution in [0.2, 0.25) is 0 Å². The van der Waals surface area contributed by atoms with Crippen molar-refractivity contribution < 1.29 is 41.8 Å². The van der Waals surface area contributed by atoms with E-state index in [9.17, 15) is 27.6 Å². The molecule has 0 bridgehead atoms. The van der Waals surface area contributed by atoms with Crippen molar-refractivity contribution >= 4 is 40.5 Å². The molecule has 11 nitrogen and oxygen atoms in total. The van der Waals surface area contributed by atoms with Gasteiger partial charge in [-0.3, -0.25) is 4.79 Å². The monoisotopic (exact) mass is 625 g/mol. The number of rotatable bonds is 5. The fourth-order valence-electron chi connectivity index (χ4n) is 3.85. The molecule has 0 radical (unpaired) electrons. The predicted molar refractivity (Wildman–Crippen MR) is 158 cm³/mol. The van der Waals surface area contributed by atoms with Crippen LogP contribution in [0, 0.1) is 0 Å². The number of anilines is 2. The average molecular weight is 626 g/mol. The summed E-state index contributed by atoms with van der Waals surface area (Å²) in [6.07, 6.45) is -5.54. The van der Waals surface area contributed by atoms with Gasteiger partial charge in [0.2, 0.25) is 11.8 Å². The molecule has 2 heterocycles. The molecule has 0 saturated carbocycles. The molecule has 4 aromatic rings. The van der Waals surface area contributed by atoms with Gasteiger partial charge < -0.3 is 19.5 Å². The first-order valence-corrected chi connectivity index (χ1v) is 13.5. The summed E-state index contributed by atoms with van der Waals surface area (Å²) in [6, 6.07) is 13.2. The number of carbonyl (C=O) groups excluding carboxylic acids is 3. The van der Waals surface area contributed by atoms with Crippen LogP contribution in [0.15, 0.2) is 67.0 Å². The number of hydrogen-bond acceptors (Lipinski definition) is 9. The highest BCUT2D eigenvalue weighted by molar-refractivity contribution is 6.12. The lowest BCUT2D eigenvalue weighted by molar-refractivity contribution is -0.137. The zero-order valence-corrected chi connectivity index (χ0v) is 25.2. The number of ether oxygens (including phenoxy) is 3. The van der Waals surface area contributed by atoms with Gasteiger partial charge in [0.25, 0.3) is 5.91 Å². The molecule has 0 spiro atoms. The number of benzene rings is 2. The van der Waals surface area contributed by atoms with Crippen LogP contribution >= 0.6 is 0 Å². The number of aromatic nitrogens is 3. The Kier molecular flexibility index (Phi) is 8.98. The van der Waals surface area contributed by atoms with Crippen molar-refractivity contribution in [2.75, 3.05) is 10.2 Å². The number of nitrogens with zero attached hydrogens (tertiary/aromatic N) is 4. The SMILES string of the molecule is CC(C)(C)OC(=O)N(C(=O)OC(C)(C)C)c1cc(Oc2ccc3c(C(=O)Nc4cccc(C(F)(F)F)c4)cccc3n2)ncn1. The normalized spacial score (nSPS) is 11.9. The van der Waals surface area contributed by atoms with E-state index in [1.807, 2.05) is 0 Å². The summed E-state index contributed by atoms with van der Waals surface area (Å²) in [4.78, 5) is 52.0. The van der Waals surface area contributed by atoms with Crippen LogP contribution in [0.3, 0.4) is 0 Å². The molecule has 0 aliphatic heterocycles. The maximum atomic E-state index is 13.1. The number of hydrogen-bond donors (Lipinski definition) is 1. The van der Waals surface area contributed by atoms with Crippen molar-refractivity contribution in [1.29, 1.82) is 0 Å². The summed E-state index contributed by atoms with van der Waals surface area (Å²) in [7, 11) is 0. The van der Waals surface area contributed by atoms with Gasteiger partial charge in [0.1, 0.15) is 17.5 Å². The minimum absolute atomic E-state index is 0.0221. The van der Waals surface area contributed by atoms with Gasteiger partial charge in [-0.25, -0.2) is 24.5 Å². The molecular formula is C31H30F3N5O6. The van der Waals surface area contributed by atoms with Crippen LogP contribution in [0.1, 0.15) is 57.5 Å². The third kappa shape index (κ3) is 8.65. The maximum Gasteiger partial charge on any atom is 0.425 e. The van der Waals surface area contributed by atoms with Gasteiger partial charge in [0.05, 0.1) is 11.1 Å². The number of nitrogens with one attached hydrogen (secondary N) is 1. The van der Waals surface area contributed by atoms with E-state index in [1.54, 1.807) is 59.7 Å². The van der Waals surface area contributed by atoms with Crippen LogP contribution in [0.4, 0.5) is 34.3 Å². The molecule has 3 amide bonds. The molecule has 0 fully saturated rings. The third-order valence-electron chi connectivity index (χ3n) is 5.62. The highest BCUT2D eigenvalue weighted by Gasteiger charge is 2.34. The van der Waals surface area contributed by atoms with Crippen LogP contribution in [0.25, 0.3) is 10.9 Å². The largest absolute Gasteiger partial charge is 0.443 e. The average Bonchev–Trinajstić information content (AvgIpc) is 2.90. The lowest BCUT2D eigenvalue weighted by atomic mass is 10.1. The fourth-order valence-corrected chi connectivity index (χ4v) is 3.85. The highest BCUT2D eigenvalue weighted by Crippen LogP contribution is 2.31. The van der Waals surface area contributed by atoms with E-state index >= 15 is 0 Å². The smallest absolute Gasteiger partial charge is 0.425 e. The molecule has 14 heteroatoms. The van der Waals surface area contributed by atoms with Crippen LogP contribution in [-0.2, 0) is 15.7 Å². The number of carbonyl (C=O) groups is 3. The molecule has 1 N–H and O–H groups in total. The number of imide groups is 1. The first kappa shape index (κ1) is 32.6. The predicted octanol–water partition coefficient (Wildman–Crippen LogP) is 7.76. The van der Waals surface area contributed by atoms with Gasteiger partial charge in [-0.15, -0.1) is 0 Å². The van der Waals surface area contributed by atoms with Crippen LogP contribution in [0.5, 0.6) is 11.8 Å². The molecule has 4 rings (SSSR count). The number of alkyl halides is 3. The van der Waals surface area contributed by atoms with E-state index in [1.165, 1.54) is 30.3 Å². The van der Waals surface area contributed by atoms with Crippen LogP contribution < -0.4 is 15.0 Å². The Balaban J connectivity index is 1.59. The third-order valence-corrected chi connectivity index (χ3v) is 5.62. The molecule has 0 saturated heterocycles. The second-order valence-electron chi connectivity index (χ2n) is 11.7. The molecule has 2 aromatic carbocycles. The van der Waals surface area contributed by atoms with E-state index in [2.05, 4.69) is 20.3 Å². The molecule has 0 unspecified atom stereocenters. The highest BCUT2D eigenvalue weighted by atomic mass is 19.4. The molecule has 236 valence electrons. The number of halogens is 3. The quantitative estimate of drug-likeness (QED) is 0.236. The topological polar surface area (TPSA) is 133 Å². The van der Waals surface area contributed by atoms with Crippen LogP contribution in [-0.4, -0.2) is 44.2 Å². The second-order valence-corrected chi connectivity index (χ2v) is 11.7. The summed E-state index contributed by atoms with van der Waals surface area (Å²) in [5.74, 6) is -0.857. The van der Waals surface area contributed by atoms with E-state index < -0.39 is 41.0 Å². The van der Waals surface area contributed by atoms with Crippen molar-refractivity contribution in [2.45, 2.75) is 58.9 Å². The van der Waals surface area contributed by atoms with Gasteiger partial charge in [-0.05, 0) is 77.9 Å². The molecule has 0 atom stereocenters. The summed E-state index contributed by atoms with van der Waals surface area (Å²) >= 11 is 0. The van der Waals surface area contributed by atoms with Crippen molar-refractivity contribution in [1.82, 2.24) is 15.0 Å². The first-order valence-electron chi connectivity index (χ1n) is 13.5. The van der Waals surface area contributed by atoms with E-state index in [-0.39, 0.29) is 28.8 Å². The van der Waals surface area contributed by atoms with Gasteiger partial charge in [0.15, 0.2) is 5.82 Å². The number of pyridine rings is 1. The minimum Gasteiger partial charge on any atom is -0.443 e. The van der Waals surface area contributed by atoms with Crippen molar-refractivity contribution in [3.8, 4) is 11.8 Å². The summed E-state index contributed by atoms with van der Waals surface area (Å²) < 4.78 is 55.8. The van der Waals surface area contributed by atoms with E-state index in [4.69, 9.17) is 14.2 Å². The number of amides is 3. The van der Waals surface area contributed by atoms with Gasteiger partial charge in [-0.1, -0.05) is 12.1 Å². The Labute approximate surface area is 256 Å². The Morgan fingerprint density at radius 3 is 2.04 bits per heavy atom. The van der Waals surface area contributed by atoms with Crippen molar-refractivity contribution in [3.63, 3.8) is 0 Å². The lowest BCUT2D eigenvalue weighted by Gasteiger charge is -2.28. The maximum absolute atomic E-state index is 13.1. The zero-order chi connectivity index (χ0) is 33.2. The lowest BCUT2D eigenvalue weighted by Crippen LogP contribution is -2.44. The van der Waals surface area contributed by atoms with Gasteiger partial charge in [-0.2, -0.15) is 18.1 Å². The number of fused-ring (bicyclic) bond motifs is 1. The summed E-state index contributed by atoms with van der Waals surface area (Å²) in [6.45, 7) is 9.82. The van der Waals surface area contributed by atoms with Gasteiger partial charge in [0, 0.05) is 28.8 Å². The summed E-state index contributed by atoms with van der Waals surface area (Å²) in [5.41, 5.74) is -2.27. The fraction of sp³-hybridized carbons (Fsp3) is 0.290. The molecule has 2 aromatic heterocycles. The Morgan fingerprint density at radius 1 is 0.778 bits per heavy atom. The van der Waals surface area contributed by atoms with Gasteiger partial charge >= 0.3 is 18.4 Å². The van der Waals surface area contributed by atoms with Crippen molar-refractivity contribution in [2.24, 2.45) is 0 Å². The molecular weight excluding hydrogens is 595 g/mol. The second kappa shape index (κ2) is 12.4. The molecule has 0 aliphatic rings. The Morgan fingerprint density at radius 2 is 1.42 bits per heavy atom. The van der Waals surface area contributed by atoms with Crippen molar-refractivity contribution in [3.05, 3.63) is 78.1 Å². The van der Waals surface area contributed by atoms with E-state index in [0.717, 1.165) is 18.5 Å². The Bertz CT molecular complexity index is 1720. The molecule has 0 aliphatic carbocycles. The zero-order valence-electron chi connectivity index (χ0n) is 25.2.